The van der Waals surface area contributed by atoms with Crippen LogP contribution in [0.3, 0.4) is 0 Å². The zero-order valence-corrected chi connectivity index (χ0v) is 13.2. The molecule has 25 heavy (non-hydrogen) atoms. The van der Waals surface area contributed by atoms with Gasteiger partial charge in [-0.3, -0.25) is 19.3 Å². The molecule has 8 heteroatoms. The molecule has 0 atom stereocenters. The molecule has 124 valence electrons. The van der Waals surface area contributed by atoms with Gasteiger partial charge in [-0.05, 0) is 25.1 Å². The Balaban J connectivity index is 2.05. The Morgan fingerprint density at radius 1 is 1.08 bits per heavy atom. The molecule has 0 aliphatic rings. The number of aromatic amines is 1. The van der Waals surface area contributed by atoms with Crippen molar-refractivity contribution < 1.29 is 5.11 Å². The van der Waals surface area contributed by atoms with E-state index >= 15 is 0 Å². The Hall–Kier alpha value is -3.68. The first-order valence-corrected chi connectivity index (χ1v) is 7.50. The van der Waals surface area contributed by atoms with Crippen LogP contribution in [0, 0.1) is 6.92 Å². The highest BCUT2D eigenvalue weighted by atomic mass is 16.3. The summed E-state index contributed by atoms with van der Waals surface area (Å²) < 4.78 is 2.58. The van der Waals surface area contributed by atoms with Gasteiger partial charge in [0.05, 0.1) is 16.6 Å². The summed E-state index contributed by atoms with van der Waals surface area (Å²) in [5.41, 5.74) is 0.665. The predicted octanol–water partition coefficient (Wildman–Crippen LogP) is 1.27. The normalized spacial score (nSPS) is 11.1. The van der Waals surface area contributed by atoms with E-state index in [4.69, 9.17) is 0 Å². The van der Waals surface area contributed by atoms with Gasteiger partial charge in [-0.1, -0.05) is 6.07 Å². The third-order valence-electron chi connectivity index (χ3n) is 3.94. The molecule has 4 rings (SSSR count). The number of aromatic nitrogens is 5. The molecule has 2 N–H and O–H groups in total. The van der Waals surface area contributed by atoms with Crippen LogP contribution in [-0.4, -0.2) is 29.4 Å². The van der Waals surface area contributed by atoms with Crippen molar-refractivity contribution in [1.29, 1.82) is 0 Å². The number of H-pyrrole nitrogens is 1. The van der Waals surface area contributed by atoms with E-state index in [1.807, 2.05) is 0 Å². The van der Waals surface area contributed by atoms with Crippen molar-refractivity contribution in [1.82, 2.24) is 24.3 Å². The number of hydrogen-bond acceptors (Lipinski definition) is 5. The molecule has 3 heterocycles. The van der Waals surface area contributed by atoms with Crippen molar-refractivity contribution in [2.45, 2.75) is 6.92 Å². The van der Waals surface area contributed by atoms with Crippen LogP contribution in [0.5, 0.6) is 5.75 Å². The molecule has 4 aromatic rings. The van der Waals surface area contributed by atoms with Gasteiger partial charge in [0.2, 0.25) is 0 Å². The van der Waals surface area contributed by atoms with E-state index in [0.29, 0.717) is 22.3 Å². The van der Waals surface area contributed by atoms with E-state index in [1.54, 1.807) is 25.1 Å². The quantitative estimate of drug-likeness (QED) is 0.574. The van der Waals surface area contributed by atoms with Gasteiger partial charge in [-0.15, -0.1) is 0 Å². The Bertz CT molecular complexity index is 1200. The topological polar surface area (TPSA) is 106 Å². The fourth-order valence-corrected chi connectivity index (χ4v) is 2.87. The van der Waals surface area contributed by atoms with E-state index in [-0.39, 0.29) is 22.8 Å². The van der Waals surface area contributed by atoms with Crippen LogP contribution in [-0.2, 0) is 0 Å². The molecule has 0 unspecified atom stereocenters. The summed E-state index contributed by atoms with van der Waals surface area (Å²) in [6, 6.07) is 9.28. The minimum Gasteiger partial charge on any atom is -0.508 e. The summed E-state index contributed by atoms with van der Waals surface area (Å²) in [5.74, 6) is 0.229. The zero-order chi connectivity index (χ0) is 17.6. The van der Waals surface area contributed by atoms with Crippen molar-refractivity contribution in [2.75, 3.05) is 0 Å². The summed E-state index contributed by atoms with van der Waals surface area (Å²) in [4.78, 5) is 33.4. The van der Waals surface area contributed by atoms with Gasteiger partial charge in [0.1, 0.15) is 5.75 Å². The Morgan fingerprint density at radius 3 is 2.56 bits per heavy atom. The monoisotopic (exact) mass is 335 g/mol. The molecule has 0 radical (unpaired) electrons. The largest absolute Gasteiger partial charge is 0.508 e. The van der Waals surface area contributed by atoms with Gasteiger partial charge in [-0.2, -0.15) is 4.68 Å². The molecule has 0 amide bonds. The molecule has 0 saturated heterocycles. The van der Waals surface area contributed by atoms with Crippen molar-refractivity contribution in [3.63, 3.8) is 0 Å². The van der Waals surface area contributed by atoms with Crippen molar-refractivity contribution in [2.24, 2.45) is 0 Å². The van der Waals surface area contributed by atoms with Crippen LogP contribution < -0.4 is 11.1 Å². The third-order valence-corrected chi connectivity index (χ3v) is 3.94. The second-order valence-electron chi connectivity index (χ2n) is 5.51. The highest BCUT2D eigenvalue weighted by molar-refractivity contribution is 5.81. The number of pyridine rings is 1. The van der Waals surface area contributed by atoms with E-state index in [0.717, 1.165) is 0 Å². The smallest absolute Gasteiger partial charge is 0.283 e. The lowest BCUT2D eigenvalue weighted by atomic mass is 10.2. The fraction of sp³-hybridized carbons (Fsp3) is 0.0588. The number of benzene rings is 1. The molecule has 0 spiro atoms. The van der Waals surface area contributed by atoms with Crippen molar-refractivity contribution in [3.8, 4) is 17.4 Å². The molecule has 3 aromatic heterocycles. The van der Waals surface area contributed by atoms with Gasteiger partial charge >= 0.3 is 0 Å². The lowest BCUT2D eigenvalue weighted by Crippen LogP contribution is -2.22. The highest BCUT2D eigenvalue weighted by Gasteiger charge is 2.17. The number of aryl methyl sites for hydroxylation is 1. The average molecular weight is 335 g/mol. The number of nitrogens with one attached hydrogen (secondary N) is 1. The number of fused-ring (bicyclic) bond motifs is 1. The number of nitrogens with zero attached hydrogens (tertiary/aromatic N) is 4. The minimum absolute atomic E-state index is 0.0352. The number of hydrogen-bond donors (Lipinski definition) is 2. The number of phenolic OH excluding ortho intramolecular Hbond substituents is 1. The van der Waals surface area contributed by atoms with Gasteiger partial charge in [0, 0.05) is 30.2 Å². The van der Waals surface area contributed by atoms with Crippen LogP contribution in [0.1, 0.15) is 5.69 Å². The summed E-state index contributed by atoms with van der Waals surface area (Å²) in [5, 5.41) is 12.9. The summed E-state index contributed by atoms with van der Waals surface area (Å²) in [6.45, 7) is 1.68. The van der Waals surface area contributed by atoms with Crippen LogP contribution in [0.25, 0.3) is 22.5 Å². The van der Waals surface area contributed by atoms with Gasteiger partial charge < -0.3 is 5.11 Å². The first-order valence-electron chi connectivity index (χ1n) is 7.50. The van der Waals surface area contributed by atoms with Gasteiger partial charge in [0.15, 0.2) is 0 Å². The average Bonchev–Trinajstić information content (AvgIpc) is 2.92. The van der Waals surface area contributed by atoms with Crippen LogP contribution in [0.2, 0.25) is 0 Å². The van der Waals surface area contributed by atoms with Crippen LogP contribution >= 0.6 is 0 Å². The highest BCUT2D eigenvalue weighted by Crippen LogP contribution is 2.18. The van der Waals surface area contributed by atoms with Gasteiger partial charge in [-0.25, -0.2) is 9.97 Å². The molecule has 1 aromatic carbocycles. The standard InChI is InChI=1S/C17H13N5O3/c1-10-15-13(20-22(16(15)25)17-18-6-3-7-19-17)9-14(24)21(10)11-4-2-5-12(23)8-11/h2-9,20,23H,1H3. The van der Waals surface area contributed by atoms with E-state index < -0.39 is 0 Å². The summed E-state index contributed by atoms with van der Waals surface area (Å²) in [6.07, 6.45) is 3.05. The van der Waals surface area contributed by atoms with E-state index in [1.165, 1.54) is 39.8 Å². The maximum absolute atomic E-state index is 12.8. The predicted molar refractivity (Wildman–Crippen MR) is 91.5 cm³/mol. The van der Waals surface area contributed by atoms with Crippen LogP contribution in [0.15, 0.2) is 58.4 Å². The van der Waals surface area contributed by atoms with E-state index in [9.17, 15) is 14.7 Å². The van der Waals surface area contributed by atoms with Crippen molar-refractivity contribution in [3.05, 3.63) is 75.2 Å². The Kier molecular flexibility index (Phi) is 3.24. The third kappa shape index (κ3) is 2.31. The molecule has 0 aliphatic heterocycles. The number of aromatic hydroxyl groups is 1. The molecule has 0 bridgehead atoms. The SMILES string of the molecule is Cc1c2c(=O)n(-c3ncccn3)[nH]c2cc(=O)n1-c1cccc(O)c1. The lowest BCUT2D eigenvalue weighted by Gasteiger charge is -2.10. The summed E-state index contributed by atoms with van der Waals surface area (Å²) >= 11 is 0. The number of rotatable bonds is 2. The molecular weight excluding hydrogens is 322 g/mol. The second-order valence-corrected chi connectivity index (χ2v) is 5.51. The molecule has 8 nitrogen and oxygen atoms in total. The maximum atomic E-state index is 12.8. The van der Waals surface area contributed by atoms with Crippen molar-refractivity contribution >= 4 is 10.9 Å². The summed E-state index contributed by atoms with van der Waals surface area (Å²) in [7, 11) is 0. The maximum Gasteiger partial charge on any atom is 0.283 e. The fourth-order valence-electron chi connectivity index (χ4n) is 2.87. The zero-order valence-electron chi connectivity index (χ0n) is 13.2. The van der Waals surface area contributed by atoms with Crippen LogP contribution in [0.4, 0.5) is 0 Å². The lowest BCUT2D eigenvalue weighted by molar-refractivity contribution is 0.475. The Morgan fingerprint density at radius 2 is 1.84 bits per heavy atom. The first kappa shape index (κ1) is 14.9. The van der Waals surface area contributed by atoms with E-state index in [2.05, 4.69) is 15.1 Å². The second kappa shape index (κ2) is 5.45. The minimum atomic E-state index is -0.354. The first-order chi connectivity index (χ1) is 12.1. The molecule has 0 aliphatic carbocycles. The van der Waals surface area contributed by atoms with Gasteiger partial charge in [0.25, 0.3) is 17.1 Å². The molecular formula is C17H13N5O3. The number of phenols is 1. The molecule has 0 saturated carbocycles. The Labute approximate surface area is 140 Å². The molecule has 0 fully saturated rings.